The van der Waals surface area contributed by atoms with Crippen LogP contribution in [-0.2, 0) is 4.79 Å². The first-order chi connectivity index (χ1) is 8.78. The molecule has 2 aliphatic rings. The summed E-state index contributed by atoms with van der Waals surface area (Å²) in [4.78, 5) is 11.6. The van der Waals surface area contributed by atoms with Gasteiger partial charge >= 0.3 is 0 Å². The van der Waals surface area contributed by atoms with Gasteiger partial charge in [-0.2, -0.15) is 10.2 Å². The van der Waals surface area contributed by atoms with Gasteiger partial charge in [-0.1, -0.05) is 0 Å². The molecule has 1 N–H and O–H groups in total. The summed E-state index contributed by atoms with van der Waals surface area (Å²) in [6, 6.07) is 7.35. The Morgan fingerprint density at radius 1 is 1.39 bits per heavy atom. The lowest BCUT2D eigenvalue weighted by Gasteiger charge is -2.20. The monoisotopic (exact) mass is 244 g/mol. The number of hydrazone groups is 2. The van der Waals surface area contributed by atoms with E-state index >= 15 is 0 Å². The van der Waals surface area contributed by atoms with Gasteiger partial charge in [-0.3, -0.25) is 4.79 Å². The van der Waals surface area contributed by atoms with Gasteiger partial charge in [0, 0.05) is 6.42 Å². The van der Waals surface area contributed by atoms with Crippen LogP contribution in [0.3, 0.4) is 0 Å². The maximum absolute atomic E-state index is 11.6. The third-order valence-electron chi connectivity index (χ3n) is 3.02. The lowest BCUT2D eigenvalue weighted by atomic mass is 10.0. The SMILES string of the molecule is COc1ccc(C2=NN3C=NNC(=O)C3C2)cc1. The van der Waals surface area contributed by atoms with E-state index in [9.17, 15) is 4.79 Å². The molecule has 18 heavy (non-hydrogen) atoms. The van der Waals surface area contributed by atoms with E-state index in [0.717, 1.165) is 17.0 Å². The van der Waals surface area contributed by atoms with Crippen molar-refractivity contribution >= 4 is 18.0 Å². The number of carbonyl (C=O) groups is 1. The number of rotatable bonds is 2. The lowest BCUT2D eigenvalue weighted by molar-refractivity contribution is -0.125. The van der Waals surface area contributed by atoms with E-state index in [2.05, 4.69) is 15.6 Å². The highest BCUT2D eigenvalue weighted by molar-refractivity contribution is 6.06. The zero-order valence-electron chi connectivity index (χ0n) is 9.83. The van der Waals surface area contributed by atoms with Gasteiger partial charge < -0.3 is 4.74 Å². The number of amides is 1. The molecule has 2 aliphatic heterocycles. The predicted molar refractivity (Wildman–Crippen MR) is 66.4 cm³/mol. The van der Waals surface area contributed by atoms with Crippen LogP contribution in [0.25, 0.3) is 0 Å². The minimum absolute atomic E-state index is 0.121. The van der Waals surface area contributed by atoms with E-state index in [1.807, 2.05) is 24.3 Å². The molecule has 1 atom stereocenters. The molecule has 0 spiro atoms. The fraction of sp³-hybridized carbons (Fsp3) is 0.250. The van der Waals surface area contributed by atoms with Crippen molar-refractivity contribution in [3.63, 3.8) is 0 Å². The zero-order chi connectivity index (χ0) is 12.5. The summed E-state index contributed by atoms with van der Waals surface area (Å²) in [5.74, 6) is 0.680. The molecule has 2 heterocycles. The fourth-order valence-electron chi connectivity index (χ4n) is 2.03. The minimum Gasteiger partial charge on any atom is -0.497 e. The van der Waals surface area contributed by atoms with Crippen molar-refractivity contribution in [2.24, 2.45) is 10.2 Å². The molecule has 1 amide bonds. The molecule has 0 aliphatic carbocycles. The standard InChI is InChI=1S/C12H12N4O2/c1-18-9-4-2-8(3-5-9)10-6-11-12(17)14-13-7-16(11)15-10/h2-5,7,11H,6H2,1H3,(H,14,17). The van der Waals surface area contributed by atoms with Crippen LogP contribution in [0.15, 0.2) is 34.5 Å². The van der Waals surface area contributed by atoms with E-state index in [-0.39, 0.29) is 11.9 Å². The van der Waals surface area contributed by atoms with Gasteiger partial charge in [0.1, 0.15) is 18.1 Å². The van der Waals surface area contributed by atoms with Crippen LogP contribution < -0.4 is 10.2 Å². The topological polar surface area (TPSA) is 66.3 Å². The van der Waals surface area contributed by atoms with E-state index in [1.165, 1.54) is 6.34 Å². The fourth-order valence-corrected chi connectivity index (χ4v) is 2.03. The molecule has 0 fully saturated rings. The Labute approximate surface area is 104 Å². The maximum Gasteiger partial charge on any atom is 0.265 e. The van der Waals surface area contributed by atoms with Crippen molar-refractivity contribution in [1.29, 1.82) is 0 Å². The number of hydrogen-bond acceptors (Lipinski definition) is 5. The van der Waals surface area contributed by atoms with Gasteiger partial charge in [0.05, 0.1) is 12.8 Å². The molecule has 1 unspecified atom stereocenters. The van der Waals surface area contributed by atoms with Crippen molar-refractivity contribution in [2.45, 2.75) is 12.5 Å². The van der Waals surface area contributed by atoms with Crippen LogP contribution in [0.4, 0.5) is 0 Å². The van der Waals surface area contributed by atoms with Gasteiger partial charge in [0.25, 0.3) is 5.91 Å². The molecule has 0 saturated heterocycles. The number of nitrogens with zero attached hydrogens (tertiary/aromatic N) is 3. The number of benzene rings is 1. The van der Waals surface area contributed by atoms with Crippen LogP contribution in [0.5, 0.6) is 5.75 Å². The number of ether oxygens (including phenoxy) is 1. The molecule has 6 nitrogen and oxygen atoms in total. The zero-order valence-corrected chi connectivity index (χ0v) is 9.83. The molecular formula is C12H12N4O2. The average Bonchev–Trinajstić information content (AvgIpc) is 2.84. The van der Waals surface area contributed by atoms with Crippen molar-refractivity contribution < 1.29 is 9.53 Å². The minimum atomic E-state index is -0.278. The summed E-state index contributed by atoms with van der Waals surface area (Å²) in [6.07, 6.45) is 2.12. The molecule has 3 rings (SSSR count). The van der Waals surface area contributed by atoms with Gasteiger partial charge in [-0.05, 0) is 29.8 Å². The lowest BCUT2D eigenvalue weighted by Crippen LogP contribution is -2.44. The van der Waals surface area contributed by atoms with E-state index in [1.54, 1.807) is 12.1 Å². The third kappa shape index (κ3) is 1.71. The predicted octanol–water partition coefficient (Wildman–Crippen LogP) is 0.547. The molecule has 1 aromatic carbocycles. The summed E-state index contributed by atoms with van der Waals surface area (Å²) < 4.78 is 5.11. The summed E-state index contributed by atoms with van der Waals surface area (Å²) in [5.41, 5.74) is 4.31. The number of nitrogens with one attached hydrogen (secondary N) is 1. The summed E-state index contributed by atoms with van der Waals surface area (Å²) in [6.45, 7) is 0. The largest absolute Gasteiger partial charge is 0.497 e. The van der Waals surface area contributed by atoms with Crippen LogP contribution in [0.2, 0.25) is 0 Å². The molecule has 0 bridgehead atoms. The molecule has 1 aromatic rings. The maximum atomic E-state index is 11.6. The summed E-state index contributed by atoms with van der Waals surface area (Å²) in [7, 11) is 1.63. The molecule has 0 radical (unpaired) electrons. The van der Waals surface area contributed by atoms with Crippen molar-refractivity contribution in [3.8, 4) is 5.75 Å². The highest BCUT2D eigenvalue weighted by Crippen LogP contribution is 2.22. The van der Waals surface area contributed by atoms with E-state index in [4.69, 9.17) is 4.74 Å². The first-order valence-corrected chi connectivity index (χ1v) is 5.61. The highest BCUT2D eigenvalue weighted by Gasteiger charge is 2.34. The second-order valence-corrected chi connectivity index (χ2v) is 4.10. The van der Waals surface area contributed by atoms with Gasteiger partial charge in [-0.15, -0.1) is 0 Å². The number of methoxy groups -OCH3 is 1. The van der Waals surface area contributed by atoms with Crippen molar-refractivity contribution in [2.75, 3.05) is 7.11 Å². The summed E-state index contributed by atoms with van der Waals surface area (Å²) in [5, 5.41) is 9.71. The first-order valence-electron chi connectivity index (χ1n) is 5.61. The van der Waals surface area contributed by atoms with Gasteiger partial charge in [0.2, 0.25) is 0 Å². The van der Waals surface area contributed by atoms with Crippen molar-refractivity contribution in [3.05, 3.63) is 29.8 Å². The van der Waals surface area contributed by atoms with E-state index in [0.29, 0.717) is 6.42 Å². The highest BCUT2D eigenvalue weighted by atomic mass is 16.5. The Kier molecular flexibility index (Phi) is 2.47. The van der Waals surface area contributed by atoms with Gasteiger partial charge in [-0.25, -0.2) is 10.4 Å². The van der Waals surface area contributed by atoms with Crippen LogP contribution in [-0.4, -0.2) is 36.1 Å². The Bertz CT molecular complexity index is 536. The van der Waals surface area contributed by atoms with Crippen LogP contribution >= 0.6 is 0 Å². The molecule has 92 valence electrons. The molecular weight excluding hydrogens is 232 g/mol. The number of fused-ring (bicyclic) bond motifs is 1. The quantitative estimate of drug-likeness (QED) is 0.826. The number of carbonyl (C=O) groups excluding carboxylic acids is 1. The van der Waals surface area contributed by atoms with Crippen LogP contribution in [0.1, 0.15) is 12.0 Å². The smallest absolute Gasteiger partial charge is 0.265 e. The van der Waals surface area contributed by atoms with Gasteiger partial charge in [0.15, 0.2) is 0 Å². The Balaban J connectivity index is 1.86. The van der Waals surface area contributed by atoms with E-state index < -0.39 is 0 Å². The third-order valence-corrected chi connectivity index (χ3v) is 3.02. The first kappa shape index (κ1) is 10.8. The average molecular weight is 244 g/mol. The molecule has 6 heteroatoms. The summed E-state index contributed by atoms with van der Waals surface area (Å²) >= 11 is 0. The second-order valence-electron chi connectivity index (χ2n) is 4.10. The van der Waals surface area contributed by atoms with Crippen LogP contribution in [0, 0.1) is 0 Å². The Morgan fingerprint density at radius 2 is 2.17 bits per heavy atom. The second kappa shape index (κ2) is 4.14. The molecule has 0 saturated carbocycles. The van der Waals surface area contributed by atoms with Crippen molar-refractivity contribution in [1.82, 2.24) is 10.4 Å². The number of hydrogen-bond donors (Lipinski definition) is 1. The Morgan fingerprint density at radius 3 is 2.83 bits per heavy atom. The molecule has 0 aromatic heterocycles. The Hall–Kier alpha value is -2.37. The normalized spacial score (nSPS) is 21.4.